The largest absolute Gasteiger partial charge is 0.310 e. The van der Waals surface area contributed by atoms with E-state index in [-0.39, 0.29) is 5.82 Å². The molecule has 1 saturated heterocycles. The van der Waals surface area contributed by atoms with Crippen molar-refractivity contribution in [1.82, 2.24) is 15.1 Å². The van der Waals surface area contributed by atoms with Crippen molar-refractivity contribution in [3.8, 4) is 0 Å². The maximum absolute atomic E-state index is 12.9. The Morgan fingerprint density at radius 3 is 2.29 bits per heavy atom. The Balaban J connectivity index is 1.71. The first kappa shape index (κ1) is 16.4. The topological polar surface area (TPSA) is 18.5 Å². The van der Waals surface area contributed by atoms with E-state index in [9.17, 15) is 4.39 Å². The van der Waals surface area contributed by atoms with Gasteiger partial charge in [0.05, 0.1) is 0 Å². The lowest BCUT2D eigenvalue weighted by Gasteiger charge is -2.34. The van der Waals surface area contributed by atoms with Gasteiger partial charge in [0.15, 0.2) is 0 Å². The highest BCUT2D eigenvalue weighted by Gasteiger charge is 2.17. The van der Waals surface area contributed by atoms with Crippen molar-refractivity contribution >= 4 is 0 Å². The van der Waals surface area contributed by atoms with Gasteiger partial charge in [-0.15, -0.1) is 0 Å². The molecule has 1 N–H and O–H groups in total. The van der Waals surface area contributed by atoms with Crippen LogP contribution >= 0.6 is 0 Å². The molecule has 1 fully saturated rings. The molecule has 0 saturated carbocycles. The number of nitrogens with one attached hydrogen (secondary N) is 1. The summed E-state index contributed by atoms with van der Waals surface area (Å²) in [4.78, 5) is 4.91. The lowest BCUT2D eigenvalue weighted by molar-refractivity contribution is 0.142. The van der Waals surface area contributed by atoms with E-state index >= 15 is 0 Å². The molecule has 0 amide bonds. The molecule has 1 aromatic rings. The van der Waals surface area contributed by atoms with E-state index in [1.165, 1.54) is 17.7 Å². The molecule has 1 aliphatic heterocycles. The maximum Gasteiger partial charge on any atom is 0.123 e. The van der Waals surface area contributed by atoms with Gasteiger partial charge in [-0.2, -0.15) is 0 Å². The zero-order valence-electron chi connectivity index (χ0n) is 13.5. The first-order valence-corrected chi connectivity index (χ1v) is 7.94. The van der Waals surface area contributed by atoms with Crippen molar-refractivity contribution in [2.24, 2.45) is 0 Å². The van der Waals surface area contributed by atoms with Gasteiger partial charge in [0.25, 0.3) is 0 Å². The van der Waals surface area contributed by atoms with E-state index in [0.29, 0.717) is 12.1 Å². The second-order valence-electron chi connectivity index (χ2n) is 6.40. The Morgan fingerprint density at radius 2 is 1.67 bits per heavy atom. The normalized spacial score (nSPS) is 20.4. The molecule has 3 nitrogen and oxygen atoms in total. The average molecular weight is 293 g/mol. The Morgan fingerprint density at radius 1 is 1.05 bits per heavy atom. The van der Waals surface area contributed by atoms with Gasteiger partial charge in [0, 0.05) is 44.8 Å². The molecule has 21 heavy (non-hydrogen) atoms. The fourth-order valence-electron chi connectivity index (χ4n) is 2.99. The number of halogens is 1. The predicted octanol–water partition coefficient (Wildman–Crippen LogP) is 1.98. The highest BCUT2D eigenvalue weighted by Crippen LogP contribution is 2.07. The monoisotopic (exact) mass is 293 g/mol. The summed E-state index contributed by atoms with van der Waals surface area (Å²) in [6.07, 6.45) is 0.938. The molecule has 0 aromatic heterocycles. The Kier molecular flexibility index (Phi) is 6.15. The van der Waals surface area contributed by atoms with Crippen LogP contribution in [0, 0.1) is 5.82 Å². The summed E-state index contributed by atoms with van der Waals surface area (Å²) in [5.74, 6) is -0.164. The summed E-state index contributed by atoms with van der Waals surface area (Å²) < 4.78 is 12.9. The molecule has 0 bridgehead atoms. The number of benzene rings is 1. The number of rotatable bonds is 6. The van der Waals surface area contributed by atoms with Crippen LogP contribution < -0.4 is 5.32 Å². The molecule has 1 aromatic carbocycles. The van der Waals surface area contributed by atoms with Crippen molar-refractivity contribution in [3.05, 3.63) is 35.6 Å². The zero-order chi connectivity index (χ0) is 15.2. The molecule has 2 atom stereocenters. The van der Waals surface area contributed by atoms with Crippen molar-refractivity contribution in [2.45, 2.75) is 32.4 Å². The van der Waals surface area contributed by atoms with E-state index in [4.69, 9.17) is 0 Å². The second-order valence-corrected chi connectivity index (χ2v) is 6.40. The van der Waals surface area contributed by atoms with Gasteiger partial charge in [-0.1, -0.05) is 12.1 Å². The van der Waals surface area contributed by atoms with Crippen molar-refractivity contribution in [2.75, 3.05) is 39.8 Å². The minimum atomic E-state index is -0.164. The number of hydrogen-bond donors (Lipinski definition) is 1. The second kappa shape index (κ2) is 7.87. The smallest absolute Gasteiger partial charge is 0.123 e. The van der Waals surface area contributed by atoms with E-state index in [0.717, 1.165) is 39.1 Å². The summed E-state index contributed by atoms with van der Waals surface area (Å²) >= 11 is 0. The minimum Gasteiger partial charge on any atom is -0.310 e. The summed E-state index contributed by atoms with van der Waals surface area (Å²) in [7, 11) is 2.18. The average Bonchev–Trinajstić information content (AvgIpc) is 2.44. The van der Waals surface area contributed by atoms with Gasteiger partial charge in [-0.25, -0.2) is 4.39 Å². The van der Waals surface area contributed by atoms with Crippen LogP contribution in [-0.2, 0) is 6.42 Å². The summed E-state index contributed by atoms with van der Waals surface area (Å²) in [6.45, 7) is 10.2. The van der Waals surface area contributed by atoms with Gasteiger partial charge in [-0.05, 0) is 45.0 Å². The zero-order valence-corrected chi connectivity index (χ0v) is 13.5. The van der Waals surface area contributed by atoms with Gasteiger partial charge in [0.1, 0.15) is 5.82 Å². The van der Waals surface area contributed by atoms with Gasteiger partial charge in [-0.3, -0.25) is 4.90 Å². The summed E-state index contributed by atoms with van der Waals surface area (Å²) in [5.41, 5.74) is 1.18. The molecule has 0 radical (unpaired) electrons. The van der Waals surface area contributed by atoms with Crippen LogP contribution in [0.4, 0.5) is 4.39 Å². The van der Waals surface area contributed by atoms with Crippen LogP contribution in [0.25, 0.3) is 0 Å². The third-order valence-corrected chi connectivity index (χ3v) is 4.15. The van der Waals surface area contributed by atoms with E-state index < -0.39 is 0 Å². The molecule has 2 rings (SSSR count). The third-order valence-electron chi connectivity index (χ3n) is 4.15. The highest BCUT2D eigenvalue weighted by atomic mass is 19.1. The molecule has 4 heteroatoms. The van der Waals surface area contributed by atoms with Gasteiger partial charge < -0.3 is 10.2 Å². The lowest BCUT2D eigenvalue weighted by Crippen LogP contribution is -2.50. The molecule has 0 unspecified atom stereocenters. The minimum absolute atomic E-state index is 0.164. The molecule has 0 aliphatic carbocycles. The highest BCUT2D eigenvalue weighted by molar-refractivity contribution is 5.17. The third kappa shape index (κ3) is 5.73. The number of hydrogen-bond acceptors (Lipinski definition) is 3. The Labute approximate surface area is 128 Å². The number of piperazine rings is 1. The number of likely N-dealkylation sites (N-methyl/N-ethyl adjacent to an activating group) is 1. The summed E-state index contributed by atoms with van der Waals surface area (Å²) in [6, 6.07) is 7.70. The number of nitrogens with zero attached hydrogens (tertiary/aromatic N) is 2. The molecular weight excluding hydrogens is 265 g/mol. The lowest BCUT2D eigenvalue weighted by atomic mass is 10.1. The SMILES string of the molecule is C[C@H](CN1CCN(C)CC1)N[C@@H](C)Cc1ccc(F)cc1. The van der Waals surface area contributed by atoms with Crippen LogP contribution in [0.1, 0.15) is 19.4 Å². The first-order valence-electron chi connectivity index (χ1n) is 7.94. The van der Waals surface area contributed by atoms with E-state index in [2.05, 4.69) is 36.0 Å². The van der Waals surface area contributed by atoms with E-state index in [1.807, 2.05) is 12.1 Å². The first-order chi connectivity index (χ1) is 10.0. The van der Waals surface area contributed by atoms with Crippen LogP contribution in [-0.4, -0.2) is 61.7 Å². The summed E-state index contributed by atoms with van der Waals surface area (Å²) in [5, 5.41) is 3.65. The quantitative estimate of drug-likeness (QED) is 0.865. The van der Waals surface area contributed by atoms with E-state index in [1.54, 1.807) is 0 Å². The van der Waals surface area contributed by atoms with Gasteiger partial charge >= 0.3 is 0 Å². The Hall–Kier alpha value is -0.970. The fraction of sp³-hybridized carbons (Fsp3) is 0.647. The standard InChI is InChI=1S/C17H28FN3/c1-14(12-16-4-6-17(18)7-5-16)19-15(2)13-21-10-8-20(3)9-11-21/h4-7,14-15,19H,8-13H2,1-3H3/t14-,15+/m0/s1. The molecule has 0 spiro atoms. The van der Waals surface area contributed by atoms with Crippen LogP contribution in [0.2, 0.25) is 0 Å². The van der Waals surface area contributed by atoms with Crippen molar-refractivity contribution < 1.29 is 4.39 Å². The maximum atomic E-state index is 12.9. The Bertz CT molecular complexity index is 413. The van der Waals surface area contributed by atoms with Crippen molar-refractivity contribution in [3.63, 3.8) is 0 Å². The van der Waals surface area contributed by atoms with Crippen molar-refractivity contribution in [1.29, 1.82) is 0 Å². The van der Waals surface area contributed by atoms with Gasteiger partial charge in [0.2, 0.25) is 0 Å². The molecule has 118 valence electrons. The fourth-order valence-corrected chi connectivity index (χ4v) is 2.99. The predicted molar refractivity (Wildman–Crippen MR) is 86.1 cm³/mol. The molecule has 1 heterocycles. The van der Waals surface area contributed by atoms with Crippen LogP contribution in [0.15, 0.2) is 24.3 Å². The van der Waals surface area contributed by atoms with Crippen LogP contribution in [0.5, 0.6) is 0 Å². The molecular formula is C17H28FN3. The molecule has 1 aliphatic rings. The van der Waals surface area contributed by atoms with Crippen LogP contribution in [0.3, 0.4) is 0 Å².